The van der Waals surface area contributed by atoms with Gasteiger partial charge in [-0.05, 0) is 24.3 Å². The van der Waals surface area contributed by atoms with Crippen LogP contribution in [0, 0.1) is 17.7 Å². The number of halogens is 1. The van der Waals surface area contributed by atoms with Gasteiger partial charge in [0.25, 0.3) is 5.91 Å². The molecule has 0 fully saturated rings. The number of fused-ring (bicyclic) bond motifs is 1. The average Bonchev–Trinajstić information content (AvgIpc) is 3.11. The molecule has 2 aromatic carbocycles. The Bertz CT molecular complexity index is 843. The van der Waals surface area contributed by atoms with E-state index in [2.05, 4.69) is 17.2 Å². The average molecular weight is 357 g/mol. The molecule has 0 atom stereocenters. The van der Waals surface area contributed by atoms with Crippen molar-refractivity contribution in [1.82, 2.24) is 5.32 Å². The van der Waals surface area contributed by atoms with Gasteiger partial charge in [0.2, 0.25) is 6.79 Å². The molecule has 1 aliphatic heterocycles. The van der Waals surface area contributed by atoms with E-state index in [1.165, 1.54) is 12.1 Å². The molecular formula is C19H16FNO5. The normalized spacial score (nSPS) is 11.3. The Balaban J connectivity index is 1.34. The van der Waals surface area contributed by atoms with Gasteiger partial charge in [-0.2, -0.15) is 0 Å². The summed E-state index contributed by atoms with van der Waals surface area (Å²) in [5.74, 6) is 6.60. The minimum atomic E-state index is -0.513. The second kappa shape index (κ2) is 8.62. The van der Waals surface area contributed by atoms with E-state index in [4.69, 9.17) is 18.9 Å². The van der Waals surface area contributed by atoms with Gasteiger partial charge in [0.05, 0.1) is 6.54 Å². The number of rotatable bonds is 6. The highest BCUT2D eigenvalue weighted by Crippen LogP contribution is 2.34. The molecule has 2 aromatic rings. The van der Waals surface area contributed by atoms with Gasteiger partial charge in [0.1, 0.15) is 12.4 Å². The highest BCUT2D eigenvalue weighted by Gasteiger charge is 2.13. The molecule has 0 radical (unpaired) electrons. The standard InChI is InChI=1S/C19H16FNO5/c20-15-5-1-2-6-16(15)24-12-19(22)21-9-3-4-10-23-14-7-8-17-18(11-14)26-13-25-17/h1-2,5-8,11H,9-10,12-13H2,(H,21,22). The molecule has 1 aliphatic rings. The van der Waals surface area contributed by atoms with Crippen LogP contribution in [-0.4, -0.2) is 32.5 Å². The van der Waals surface area contributed by atoms with E-state index in [0.717, 1.165) is 0 Å². The van der Waals surface area contributed by atoms with Crippen molar-refractivity contribution < 1.29 is 28.1 Å². The minimum Gasteiger partial charge on any atom is -0.481 e. The van der Waals surface area contributed by atoms with Crippen LogP contribution in [0.3, 0.4) is 0 Å². The lowest BCUT2D eigenvalue weighted by molar-refractivity contribution is -0.122. The van der Waals surface area contributed by atoms with Crippen molar-refractivity contribution in [2.24, 2.45) is 0 Å². The van der Waals surface area contributed by atoms with Crippen molar-refractivity contribution in [1.29, 1.82) is 0 Å². The Morgan fingerprint density at radius 2 is 1.96 bits per heavy atom. The van der Waals surface area contributed by atoms with Crippen LogP contribution in [-0.2, 0) is 4.79 Å². The lowest BCUT2D eigenvalue weighted by atomic mass is 10.3. The number of nitrogens with one attached hydrogen (secondary N) is 1. The van der Waals surface area contributed by atoms with Crippen LogP contribution in [0.25, 0.3) is 0 Å². The molecule has 0 spiro atoms. The summed E-state index contributed by atoms with van der Waals surface area (Å²) in [6.45, 7) is 0.237. The summed E-state index contributed by atoms with van der Waals surface area (Å²) in [5, 5.41) is 2.55. The fraction of sp³-hybridized carbons (Fsp3) is 0.211. The number of benzene rings is 2. The molecule has 6 nitrogen and oxygen atoms in total. The molecule has 1 heterocycles. The third-order valence-corrected chi connectivity index (χ3v) is 3.35. The van der Waals surface area contributed by atoms with Crippen LogP contribution in [0.1, 0.15) is 0 Å². The Labute approximate surface area is 149 Å². The first kappa shape index (κ1) is 17.4. The van der Waals surface area contributed by atoms with E-state index >= 15 is 0 Å². The maximum Gasteiger partial charge on any atom is 0.258 e. The molecule has 134 valence electrons. The molecule has 0 unspecified atom stereocenters. The molecule has 0 bridgehead atoms. The van der Waals surface area contributed by atoms with Gasteiger partial charge in [-0.1, -0.05) is 24.0 Å². The molecule has 1 N–H and O–H groups in total. The zero-order chi connectivity index (χ0) is 18.2. The van der Waals surface area contributed by atoms with Gasteiger partial charge in [0.15, 0.2) is 29.7 Å². The number of ether oxygens (including phenoxy) is 4. The van der Waals surface area contributed by atoms with Gasteiger partial charge in [-0.15, -0.1) is 0 Å². The van der Waals surface area contributed by atoms with E-state index in [-0.39, 0.29) is 38.2 Å². The highest BCUT2D eigenvalue weighted by molar-refractivity contribution is 5.77. The fourth-order valence-corrected chi connectivity index (χ4v) is 2.10. The lowest BCUT2D eigenvalue weighted by Gasteiger charge is -2.06. The summed E-state index contributed by atoms with van der Waals surface area (Å²) < 4.78 is 34.4. The minimum absolute atomic E-state index is 0.0332. The second-order valence-electron chi connectivity index (χ2n) is 5.15. The monoisotopic (exact) mass is 357 g/mol. The number of para-hydroxylation sites is 1. The molecule has 0 saturated heterocycles. The van der Waals surface area contributed by atoms with Crippen LogP contribution in [0.15, 0.2) is 42.5 Å². The van der Waals surface area contributed by atoms with Gasteiger partial charge >= 0.3 is 0 Å². The summed E-state index contributed by atoms with van der Waals surface area (Å²) in [6, 6.07) is 11.1. The third kappa shape index (κ3) is 4.80. The van der Waals surface area contributed by atoms with E-state index in [9.17, 15) is 9.18 Å². The number of carbonyl (C=O) groups is 1. The van der Waals surface area contributed by atoms with Gasteiger partial charge in [-0.3, -0.25) is 4.79 Å². The van der Waals surface area contributed by atoms with E-state index < -0.39 is 5.82 Å². The maximum absolute atomic E-state index is 13.3. The first-order chi connectivity index (χ1) is 12.7. The maximum atomic E-state index is 13.3. The lowest BCUT2D eigenvalue weighted by Crippen LogP contribution is -2.29. The zero-order valence-corrected chi connectivity index (χ0v) is 13.8. The smallest absolute Gasteiger partial charge is 0.258 e. The van der Waals surface area contributed by atoms with Gasteiger partial charge < -0.3 is 24.3 Å². The van der Waals surface area contributed by atoms with Crippen molar-refractivity contribution >= 4 is 5.91 Å². The Kier molecular flexibility index (Phi) is 5.78. The number of hydrogen-bond donors (Lipinski definition) is 1. The number of hydrogen-bond acceptors (Lipinski definition) is 5. The SMILES string of the molecule is O=C(COc1ccccc1F)NCC#CCOc1ccc2c(c1)OCO2. The Hall–Kier alpha value is -3.40. The van der Waals surface area contributed by atoms with Gasteiger partial charge in [-0.25, -0.2) is 4.39 Å². The first-order valence-corrected chi connectivity index (χ1v) is 7.84. The van der Waals surface area contributed by atoms with Gasteiger partial charge in [0, 0.05) is 6.07 Å². The van der Waals surface area contributed by atoms with Crippen LogP contribution in [0.5, 0.6) is 23.0 Å². The molecule has 1 amide bonds. The molecule has 0 aliphatic carbocycles. The molecule has 26 heavy (non-hydrogen) atoms. The van der Waals surface area contributed by atoms with Crippen LogP contribution in [0.2, 0.25) is 0 Å². The molecule has 3 rings (SSSR count). The Morgan fingerprint density at radius 1 is 1.12 bits per heavy atom. The number of carbonyl (C=O) groups excluding carboxylic acids is 1. The summed E-state index contributed by atoms with van der Waals surface area (Å²) in [6.07, 6.45) is 0. The van der Waals surface area contributed by atoms with Crippen molar-refractivity contribution in [2.75, 3.05) is 26.6 Å². The van der Waals surface area contributed by atoms with Crippen molar-refractivity contribution in [3.63, 3.8) is 0 Å². The number of amides is 1. The van der Waals surface area contributed by atoms with E-state index in [1.54, 1.807) is 30.3 Å². The van der Waals surface area contributed by atoms with Crippen LogP contribution >= 0.6 is 0 Å². The summed E-state index contributed by atoms with van der Waals surface area (Å²) >= 11 is 0. The highest BCUT2D eigenvalue weighted by atomic mass is 19.1. The molecular weight excluding hydrogens is 341 g/mol. The predicted molar refractivity (Wildman–Crippen MR) is 90.7 cm³/mol. The largest absolute Gasteiger partial charge is 0.481 e. The third-order valence-electron chi connectivity index (χ3n) is 3.35. The summed E-state index contributed by atoms with van der Waals surface area (Å²) in [7, 11) is 0. The van der Waals surface area contributed by atoms with E-state index in [0.29, 0.717) is 17.2 Å². The van der Waals surface area contributed by atoms with Crippen LogP contribution in [0.4, 0.5) is 4.39 Å². The summed E-state index contributed by atoms with van der Waals surface area (Å²) in [4.78, 5) is 11.6. The fourth-order valence-electron chi connectivity index (χ4n) is 2.10. The zero-order valence-electron chi connectivity index (χ0n) is 13.8. The molecule has 0 saturated carbocycles. The summed E-state index contributed by atoms with van der Waals surface area (Å²) in [5.41, 5.74) is 0. The van der Waals surface area contributed by atoms with E-state index in [1.807, 2.05) is 0 Å². The Morgan fingerprint density at radius 3 is 2.85 bits per heavy atom. The van der Waals surface area contributed by atoms with Crippen molar-refractivity contribution in [3.05, 3.63) is 48.3 Å². The quantitative estimate of drug-likeness (QED) is 0.803. The topological polar surface area (TPSA) is 66.0 Å². The molecule has 0 aromatic heterocycles. The molecule has 7 heteroatoms. The van der Waals surface area contributed by atoms with Crippen molar-refractivity contribution in [3.8, 4) is 34.8 Å². The van der Waals surface area contributed by atoms with Crippen LogP contribution < -0.4 is 24.3 Å². The first-order valence-electron chi connectivity index (χ1n) is 7.84. The predicted octanol–water partition coefficient (Wildman–Crippen LogP) is 2.13. The van der Waals surface area contributed by atoms with Crippen molar-refractivity contribution in [2.45, 2.75) is 0 Å². The second-order valence-corrected chi connectivity index (χ2v) is 5.15.